The van der Waals surface area contributed by atoms with Crippen molar-refractivity contribution in [3.63, 3.8) is 0 Å². The SMILES string of the molecule is C=C(C#N)/C(=C\C=C/C)c1c(Cl)cc2[nH]c(Cc3ccc(S(=O)(=O)CC4CC4)cc3)nc2c1Cl. The summed E-state index contributed by atoms with van der Waals surface area (Å²) in [4.78, 5) is 8.24. The fraction of sp³-hybridized carbons (Fsp3) is 0.231. The molecular formula is C26H23Cl2N3O2S. The normalized spacial score (nSPS) is 14.6. The maximum Gasteiger partial charge on any atom is 0.178 e. The average molecular weight is 512 g/mol. The summed E-state index contributed by atoms with van der Waals surface area (Å²) in [7, 11) is -3.24. The van der Waals surface area contributed by atoms with Crippen LogP contribution in [0.3, 0.4) is 0 Å². The van der Waals surface area contributed by atoms with Crippen LogP contribution >= 0.6 is 23.2 Å². The van der Waals surface area contributed by atoms with Crippen molar-refractivity contribution < 1.29 is 8.42 Å². The minimum absolute atomic E-state index is 0.222. The van der Waals surface area contributed by atoms with Gasteiger partial charge in [0.15, 0.2) is 9.84 Å². The van der Waals surface area contributed by atoms with E-state index in [0.717, 1.165) is 18.4 Å². The average Bonchev–Trinajstić information content (AvgIpc) is 3.52. The molecule has 1 aliphatic rings. The van der Waals surface area contributed by atoms with Crippen molar-refractivity contribution in [2.24, 2.45) is 5.92 Å². The number of sulfone groups is 1. The molecule has 0 aliphatic heterocycles. The molecule has 3 aromatic rings. The second-order valence-corrected chi connectivity index (χ2v) is 11.2. The molecule has 1 aromatic heterocycles. The smallest absolute Gasteiger partial charge is 0.178 e. The number of nitriles is 1. The number of H-pyrrole nitrogens is 1. The highest BCUT2D eigenvalue weighted by Crippen LogP contribution is 2.39. The number of allylic oxidation sites excluding steroid dienone is 5. The van der Waals surface area contributed by atoms with E-state index in [4.69, 9.17) is 23.2 Å². The molecule has 1 fully saturated rings. The van der Waals surface area contributed by atoms with Gasteiger partial charge in [-0.3, -0.25) is 0 Å². The molecule has 174 valence electrons. The van der Waals surface area contributed by atoms with E-state index in [-0.39, 0.29) is 11.3 Å². The quantitative estimate of drug-likeness (QED) is 0.269. The largest absolute Gasteiger partial charge is 0.342 e. The summed E-state index contributed by atoms with van der Waals surface area (Å²) in [5.74, 6) is 1.19. The molecule has 2 aromatic carbocycles. The van der Waals surface area contributed by atoms with Crippen LogP contribution in [0.2, 0.25) is 10.0 Å². The summed E-state index contributed by atoms with van der Waals surface area (Å²) in [6.07, 6.45) is 7.83. The Bertz CT molecular complexity index is 1470. The molecule has 34 heavy (non-hydrogen) atoms. The molecule has 8 heteroatoms. The van der Waals surface area contributed by atoms with Crippen LogP contribution in [0.4, 0.5) is 0 Å². The summed E-state index contributed by atoms with van der Waals surface area (Å²) in [5.41, 5.74) is 3.41. The molecule has 0 radical (unpaired) electrons. The predicted molar refractivity (Wildman–Crippen MR) is 138 cm³/mol. The molecule has 1 N–H and O–H groups in total. The van der Waals surface area contributed by atoms with Gasteiger partial charge in [0.05, 0.1) is 37.9 Å². The van der Waals surface area contributed by atoms with Crippen molar-refractivity contribution >= 4 is 49.6 Å². The van der Waals surface area contributed by atoms with Crippen molar-refractivity contribution in [1.82, 2.24) is 9.97 Å². The maximum absolute atomic E-state index is 12.5. The number of fused-ring (bicyclic) bond motifs is 1. The first-order valence-corrected chi connectivity index (χ1v) is 13.2. The number of aromatic amines is 1. The minimum atomic E-state index is -3.24. The Morgan fingerprint density at radius 2 is 2.00 bits per heavy atom. The van der Waals surface area contributed by atoms with Gasteiger partial charge in [0, 0.05) is 17.6 Å². The molecule has 1 saturated carbocycles. The molecule has 0 bridgehead atoms. The summed E-state index contributed by atoms with van der Waals surface area (Å²) in [6, 6.07) is 10.7. The third kappa shape index (κ3) is 5.12. The zero-order valence-corrected chi connectivity index (χ0v) is 20.9. The van der Waals surface area contributed by atoms with Crippen LogP contribution in [0.15, 0.2) is 65.6 Å². The van der Waals surface area contributed by atoms with Gasteiger partial charge in [0.2, 0.25) is 0 Å². The predicted octanol–water partition coefficient (Wildman–Crippen LogP) is 6.68. The molecule has 1 heterocycles. The Morgan fingerprint density at radius 1 is 1.29 bits per heavy atom. The van der Waals surface area contributed by atoms with Gasteiger partial charge in [-0.1, -0.05) is 60.1 Å². The van der Waals surface area contributed by atoms with Crippen LogP contribution < -0.4 is 0 Å². The number of hydrogen-bond acceptors (Lipinski definition) is 4. The topological polar surface area (TPSA) is 86.6 Å². The molecule has 4 rings (SSSR count). The minimum Gasteiger partial charge on any atom is -0.342 e. The van der Waals surface area contributed by atoms with Gasteiger partial charge in [-0.2, -0.15) is 5.26 Å². The van der Waals surface area contributed by atoms with E-state index in [0.29, 0.717) is 55.3 Å². The lowest BCUT2D eigenvalue weighted by atomic mass is 9.98. The number of aromatic nitrogens is 2. The number of hydrogen-bond donors (Lipinski definition) is 1. The Kier molecular flexibility index (Phi) is 6.99. The standard InChI is InChI=1S/C26H23Cl2N3O2S/c1-3-4-5-20(16(2)14-29)24-21(27)13-22-26(25(24)28)31-23(30-22)12-17-8-10-19(11-9-17)34(32,33)15-18-6-7-18/h3-5,8-11,13,18H,2,6-7,12,15H2,1H3,(H,30,31)/b4-3-,20-5+. The lowest BCUT2D eigenvalue weighted by Gasteiger charge is -2.10. The highest BCUT2D eigenvalue weighted by atomic mass is 35.5. The van der Waals surface area contributed by atoms with E-state index >= 15 is 0 Å². The van der Waals surface area contributed by atoms with Crippen molar-refractivity contribution in [3.05, 3.63) is 87.7 Å². The van der Waals surface area contributed by atoms with Crippen molar-refractivity contribution in [3.8, 4) is 6.07 Å². The summed E-state index contributed by atoms with van der Waals surface area (Å²) in [5, 5.41) is 10.1. The van der Waals surface area contributed by atoms with Crippen molar-refractivity contribution in [2.75, 3.05) is 5.75 Å². The van der Waals surface area contributed by atoms with Crippen LogP contribution in [0.5, 0.6) is 0 Å². The van der Waals surface area contributed by atoms with Gasteiger partial charge >= 0.3 is 0 Å². The van der Waals surface area contributed by atoms with E-state index in [2.05, 4.69) is 22.6 Å². The molecule has 5 nitrogen and oxygen atoms in total. The Labute approximate surface area is 209 Å². The highest BCUT2D eigenvalue weighted by molar-refractivity contribution is 7.91. The van der Waals surface area contributed by atoms with Crippen LogP contribution in [0.25, 0.3) is 16.6 Å². The number of rotatable bonds is 8. The molecule has 0 spiro atoms. The van der Waals surface area contributed by atoms with E-state index in [1.165, 1.54) is 0 Å². The summed E-state index contributed by atoms with van der Waals surface area (Å²) in [6.45, 7) is 5.68. The third-order valence-corrected chi connectivity index (χ3v) is 8.28. The highest BCUT2D eigenvalue weighted by Gasteiger charge is 2.29. The molecule has 0 saturated heterocycles. The number of nitrogens with one attached hydrogen (secondary N) is 1. The maximum atomic E-state index is 12.5. The zero-order valence-electron chi connectivity index (χ0n) is 18.6. The first-order valence-electron chi connectivity index (χ1n) is 10.8. The van der Waals surface area contributed by atoms with Crippen molar-refractivity contribution in [1.29, 1.82) is 5.26 Å². The zero-order chi connectivity index (χ0) is 24.5. The van der Waals surface area contributed by atoms with Crippen LogP contribution in [0.1, 0.15) is 36.7 Å². The fourth-order valence-electron chi connectivity index (χ4n) is 3.75. The Hall–Kier alpha value is -2.85. The molecular weight excluding hydrogens is 489 g/mol. The number of nitrogens with zero attached hydrogens (tertiary/aromatic N) is 2. The summed E-state index contributed by atoms with van der Waals surface area (Å²) < 4.78 is 25.0. The van der Waals surface area contributed by atoms with Crippen LogP contribution in [0, 0.1) is 17.2 Å². The van der Waals surface area contributed by atoms with Crippen molar-refractivity contribution in [2.45, 2.75) is 31.1 Å². The van der Waals surface area contributed by atoms with Crippen LogP contribution in [-0.4, -0.2) is 24.1 Å². The molecule has 0 atom stereocenters. The first kappa shape index (κ1) is 24.3. The lowest BCUT2D eigenvalue weighted by Crippen LogP contribution is -2.08. The van der Waals surface area contributed by atoms with Gasteiger partial charge in [0.25, 0.3) is 0 Å². The van der Waals surface area contributed by atoms with E-state index in [1.807, 2.05) is 25.1 Å². The fourth-order valence-corrected chi connectivity index (χ4v) is 6.15. The van der Waals surface area contributed by atoms with Gasteiger partial charge in [-0.25, -0.2) is 13.4 Å². The van der Waals surface area contributed by atoms with Crippen LogP contribution in [-0.2, 0) is 16.3 Å². The third-order valence-electron chi connectivity index (χ3n) is 5.71. The number of imidazole rings is 1. The van der Waals surface area contributed by atoms with E-state index in [9.17, 15) is 13.7 Å². The number of benzene rings is 2. The van der Waals surface area contributed by atoms with Gasteiger partial charge in [-0.15, -0.1) is 0 Å². The Morgan fingerprint density at radius 3 is 2.62 bits per heavy atom. The van der Waals surface area contributed by atoms with E-state index < -0.39 is 9.84 Å². The lowest BCUT2D eigenvalue weighted by molar-refractivity contribution is 0.592. The first-order chi connectivity index (χ1) is 16.2. The second kappa shape index (κ2) is 9.79. The second-order valence-electron chi connectivity index (χ2n) is 8.37. The molecule has 0 amide bonds. The monoisotopic (exact) mass is 511 g/mol. The molecule has 0 unspecified atom stereocenters. The van der Waals surface area contributed by atoms with Gasteiger partial charge < -0.3 is 4.98 Å². The Balaban J connectivity index is 1.65. The van der Waals surface area contributed by atoms with Gasteiger partial charge in [-0.05, 0) is 49.4 Å². The van der Waals surface area contributed by atoms with E-state index in [1.54, 1.807) is 30.4 Å². The molecule has 1 aliphatic carbocycles. The number of halogens is 2. The van der Waals surface area contributed by atoms with Gasteiger partial charge in [0.1, 0.15) is 11.3 Å². The summed E-state index contributed by atoms with van der Waals surface area (Å²) >= 11 is 13.3.